The first-order valence-corrected chi connectivity index (χ1v) is 12.2. The summed E-state index contributed by atoms with van der Waals surface area (Å²) in [4.78, 5) is 2.89. The van der Waals surface area contributed by atoms with Crippen LogP contribution in [0.25, 0.3) is 10.4 Å². The fraction of sp³-hybridized carbons (Fsp3) is 1.00. The van der Waals surface area contributed by atoms with Gasteiger partial charge < -0.3 is 10.2 Å². The summed E-state index contributed by atoms with van der Waals surface area (Å²) in [6.07, 6.45) is 10.7. The smallest absolute Gasteiger partial charge is 0.0577 e. The van der Waals surface area contributed by atoms with Crippen molar-refractivity contribution in [2.24, 2.45) is 51.5 Å². The quantitative estimate of drug-likeness (QED) is 0.267. The molecule has 0 amide bonds. The number of hydrogen-bond donors (Lipinski definition) is 2. The highest BCUT2D eigenvalue weighted by molar-refractivity contribution is 5.11. The molecule has 0 unspecified atom stereocenters. The molecule has 0 spiro atoms. The van der Waals surface area contributed by atoms with E-state index in [0.717, 1.165) is 44.4 Å². The molecule has 4 fully saturated rings. The van der Waals surface area contributed by atoms with Gasteiger partial charge in [-0.2, -0.15) is 0 Å². The number of fused-ring (bicyclic) bond motifs is 5. The van der Waals surface area contributed by atoms with Crippen molar-refractivity contribution in [3.63, 3.8) is 0 Å². The predicted molar refractivity (Wildman–Crippen MR) is 115 cm³/mol. The Labute approximate surface area is 176 Å². The van der Waals surface area contributed by atoms with Gasteiger partial charge >= 0.3 is 0 Å². The van der Waals surface area contributed by atoms with Crippen molar-refractivity contribution in [1.29, 1.82) is 0 Å². The minimum Gasteiger partial charge on any atom is -0.393 e. The SMILES string of the molecule is C[C@H](CCCN=[N+]=[N-])[C@H]1CC[C@H]2[C@@H]3[C@@H](O)C[C@@H]4C[C@H](O)CC[C@]4(C)[C@H]3CC[C@]12C. The van der Waals surface area contributed by atoms with Gasteiger partial charge in [-0.1, -0.05) is 32.3 Å². The van der Waals surface area contributed by atoms with Crippen LogP contribution in [-0.2, 0) is 0 Å². The molecule has 0 radical (unpaired) electrons. The summed E-state index contributed by atoms with van der Waals surface area (Å²) >= 11 is 0. The van der Waals surface area contributed by atoms with Gasteiger partial charge in [0.2, 0.25) is 0 Å². The van der Waals surface area contributed by atoms with Crippen molar-refractivity contribution in [2.45, 2.75) is 97.2 Å². The van der Waals surface area contributed by atoms with Gasteiger partial charge in [0.05, 0.1) is 12.2 Å². The Morgan fingerprint density at radius 3 is 2.52 bits per heavy atom. The summed E-state index contributed by atoms with van der Waals surface area (Å²) in [6, 6.07) is 0. The minimum atomic E-state index is -0.188. The highest BCUT2D eigenvalue weighted by Gasteiger charge is 2.62. The zero-order valence-corrected chi connectivity index (χ0v) is 18.6. The Kier molecular flexibility index (Phi) is 5.96. The third-order valence-corrected chi connectivity index (χ3v) is 10.4. The van der Waals surface area contributed by atoms with Crippen LogP contribution in [0.2, 0.25) is 0 Å². The van der Waals surface area contributed by atoms with Gasteiger partial charge in [0, 0.05) is 11.5 Å². The molecule has 0 aromatic heterocycles. The van der Waals surface area contributed by atoms with E-state index < -0.39 is 0 Å². The number of rotatable bonds is 5. The lowest BCUT2D eigenvalue weighted by Gasteiger charge is -2.62. The molecule has 5 heteroatoms. The molecule has 4 aliphatic carbocycles. The van der Waals surface area contributed by atoms with Crippen molar-refractivity contribution in [3.05, 3.63) is 10.4 Å². The van der Waals surface area contributed by atoms with Crippen molar-refractivity contribution in [1.82, 2.24) is 0 Å². The van der Waals surface area contributed by atoms with Gasteiger partial charge in [-0.15, -0.1) is 0 Å². The Bertz CT molecular complexity index is 650. The Balaban J connectivity index is 1.51. The Hall–Kier alpha value is -0.770. The fourth-order valence-electron chi connectivity index (χ4n) is 8.91. The zero-order chi connectivity index (χ0) is 20.8. The summed E-state index contributed by atoms with van der Waals surface area (Å²) in [5, 5.41) is 25.2. The summed E-state index contributed by atoms with van der Waals surface area (Å²) in [5.41, 5.74) is 9.17. The molecule has 0 aromatic carbocycles. The first-order valence-electron chi connectivity index (χ1n) is 12.2. The molecule has 0 bridgehead atoms. The molecule has 10 atom stereocenters. The van der Waals surface area contributed by atoms with E-state index in [4.69, 9.17) is 5.53 Å². The first kappa shape index (κ1) is 21.5. The van der Waals surface area contributed by atoms with E-state index in [0.29, 0.717) is 47.0 Å². The van der Waals surface area contributed by atoms with Gasteiger partial charge in [0.1, 0.15) is 0 Å². The average Bonchev–Trinajstić information content (AvgIpc) is 3.04. The summed E-state index contributed by atoms with van der Waals surface area (Å²) in [7, 11) is 0. The van der Waals surface area contributed by atoms with Crippen molar-refractivity contribution >= 4 is 0 Å². The van der Waals surface area contributed by atoms with Crippen LogP contribution in [0.15, 0.2) is 5.11 Å². The van der Waals surface area contributed by atoms with Crippen LogP contribution in [0, 0.1) is 46.3 Å². The lowest BCUT2D eigenvalue weighted by atomic mass is 9.43. The fourth-order valence-corrected chi connectivity index (χ4v) is 8.91. The van der Waals surface area contributed by atoms with E-state index in [1.165, 1.54) is 25.7 Å². The number of aliphatic hydroxyl groups excluding tert-OH is 2. The first-order chi connectivity index (χ1) is 13.8. The Morgan fingerprint density at radius 2 is 1.76 bits per heavy atom. The van der Waals surface area contributed by atoms with Crippen LogP contribution in [0.4, 0.5) is 0 Å². The second-order valence-electron chi connectivity index (χ2n) is 11.5. The summed E-state index contributed by atoms with van der Waals surface area (Å²) < 4.78 is 0. The molecule has 164 valence electrons. The van der Waals surface area contributed by atoms with Crippen molar-refractivity contribution in [2.75, 3.05) is 6.54 Å². The second-order valence-corrected chi connectivity index (χ2v) is 11.5. The van der Waals surface area contributed by atoms with E-state index in [2.05, 4.69) is 30.8 Å². The van der Waals surface area contributed by atoms with Gasteiger partial charge in [0.15, 0.2) is 0 Å². The standard InChI is InChI=1S/C24H41N3O2/c1-15(5-4-12-26-27-25)18-6-7-19-22-20(9-11-24(18,19)3)23(2)10-8-17(28)13-16(23)14-21(22)29/h15-22,28-29H,4-14H2,1-3H3/t15-,16+,17-,18-,19+,20+,21+,22+,23+,24-/m1/s1. The monoisotopic (exact) mass is 403 g/mol. The highest BCUT2D eigenvalue weighted by Crippen LogP contribution is 2.68. The normalized spacial score (nSPS) is 50.0. The third-order valence-electron chi connectivity index (χ3n) is 10.4. The summed E-state index contributed by atoms with van der Waals surface area (Å²) in [5.74, 6) is 3.59. The molecule has 29 heavy (non-hydrogen) atoms. The van der Waals surface area contributed by atoms with Gasteiger partial charge in [-0.05, 0) is 110 Å². The van der Waals surface area contributed by atoms with E-state index >= 15 is 0 Å². The van der Waals surface area contributed by atoms with Crippen LogP contribution in [-0.4, -0.2) is 29.0 Å². The minimum absolute atomic E-state index is 0.159. The average molecular weight is 404 g/mol. The molecule has 2 N–H and O–H groups in total. The molecule has 4 saturated carbocycles. The van der Waals surface area contributed by atoms with E-state index in [1.54, 1.807) is 0 Å². The largest absolute Gasteiger partial charge is 0.393 e. The zero-order valence-electron chi connectivity index (χ0n) is 18.6. The molecular formula is C24H41N3O2. The highest BCUT2D eigenvalue weighted by atomic mass is 16.3. The van der Waals surface area contributed by atoms with Crippen molar-refractivity contribution in [3.8, 4) is 0 Å². The van der Waals surface area contributed by atoms with Crippen LogP contribution in [0.3, 0.4) is 0 Å². The van der Waals surface area contributed by atoms with Crippen LogP contribution >= 0.6 is 0 Å². The maximum Gasteiger partial charge on any atom is 0.0577 e. The van der Waals surface area contributed by atoms with Gasteiger partial charge in [-0.25, -0.2) is 0 Å². The van der Waals surface area contributed by atoms with Gasteiger partial charge in [0.25, 0.3) is 0 Å². The van der Waals surface area contributed by atoms with Crippen molar-refractivity contribution < 1.29 is 10.2 Å². The number of azide groups is 1. The second kappa shape index (κ2) is 8.05. The molecule has 4 rings (SSSR count). The van der Waals surface area contributed by atoms with E-state index in [1.807, 2.05) is 0 Å². The number of nitrogens with zero attached hydrogens (tertiary/aromatic N) is 3. The predicted octanol–water partition coefficient (Wildman–Crippen LogP) is 5.70. The topological polar surface area (TPSA) is 89.2 Å². The molecule has 4 aliphatic rings. The van der Waals surface area contributed by atoms with E-state index in [9.17, 15) is 10.2 Å². The summed E-state index contributed by atoms with van der Waals surface area (Å²) in [6.45, 7) is 8.03. The molecular weight excluding hydrogens is 362 g/mol. The van der Waals surface area contributed by atoms with Crippen LogP contribution in [0.5, 0.6) is 0 Å². The molecule has 0 aromatic rings. The van der Waals surface area contributed by atoms with Crippen LogP contribution < -0.4 is 0 Å². The third kappa shape index (κ3) is 3.51. The van der Waals surface area contributed by atoms with E-state index in [-0.39, 0.29) is 12.2 Å². The van der Waals surface area contributed by atoms with Crippen LogP contribution in [0.1, 0.15) is 85.0 Å². The molecule has 5 nitrogen and oxygen atoms in total. The number of hydrogen-bond acceptors (Lipinski definition) is 3. The lowest BCUT2D eigenvalue weighted by molar-refractivity contribution is -0.174. The maximum absolute atomic E-state index is 11.3. The molecule has 0 aliphatic heterocycles. The molecule has 0 heterocycles. The number of aliphatic hydroxyl groups is 2. The molecule has 0 saturated heterocycles. The Morgan fingerprint density at radius 1 is 1.03 bits per heavy atom. The van der Waals surface area contributed by atoms with Gasteiger partial charge in [-0.3, -0.25) is 0 Å². The lowest BCUT2D eigenvalue weighted by Crippen LogP contribution is -2.58. The maximum atomic E-state index is 11.3.